The van der Waals surface area contributed by atoms with Crippen molar-refractivity contribution in [2.45, 2.75) is 58.8 Å². The van der Waals surface area contributed by atoms with Crippen LogP contribution < -0.4 is 5.73 Å². The van der Waals surface area contributed by atoms with E-state index in [1.807, 2.05) is 0 Å². The third-order valence-corrected chi connectivity index (χ3v) is 5.32. The van der Waals surface area contributed by atoms with Crippen molar-refractivity contribution in [2.24, 2.45) is 5.73 Å². The average Bonchev–Trinajstić information content (AvgIpc) is 2.60. The summed E-state index contributed by atoms with van der Waals surface area (Å²) in [7, 11) is 0. The number of fused-ring (bicyclic) bond motifs is 3. The van der Waals surface area contributed by atoms with E-state index in [0.29, 0.717) is 5.92 Å². The van der Waals surface area contributed by atoms with Crippen LogP contribution in [0.1, 0.15) is 69.1 Å². The topological polar surface area (TPSA) is 26.0 Å². The molecule has 2 aromatic rings. The van der Waals surface area contributed by atoms with Crippen molar-refractivity contribution in [1.29, 1.82) is 0 Å². The van der Waals surface area contributed by atoms with Crippen molar-refractivity contribution < 1.29 is 0 Å². The second-order valence-electron chi connectivity index (χ2n) is 7.37. The Hall–Kier alpha value is -2.02. The van der Waals surface area contributed by atoms with E-state index in [2.05, 4.69) is 63.2 Å². The maximum Gasteiger partial charge on any atom is 0.0374 e. The molecule has 0 heterocycles. The zero-order valence-corrected chi connectivity index (χ0v) is 15.2. The lowest BCUT2D eigenvalue weighted by Gasteiger charge is -2.21. The van der Waals surface area contributed by atoms with E-state index in [9.17, 15) is 0 Å². The van der Waals surface area contributed by atoms with Crippen LogP contribution in [0.2, 0.25) is 0 Å². The van der Waals surface area contributed by atoms with Crippen molar-refractivity contribution in [3.05, 3.63) is 64.7 Å². The minimum absolute atomic E-state index is 0.620. The maximum absolute atomic E-state index is 6.29. The average molecular weight is 319 g/mol. The molecule has 0 fully saturated rings. The van der Waals surface area contributed by atoms with Gasteiger partial charge in [0.2, 0.25) is 0 Å². The van der Waals surface area contributed by atoms with Gasteiger partial charge < -0.3 is 5.73 Å². The van der Waals surface area contributed by atoms with Gasteiger partial charge in [-0.25, -0.2) is 0 Å². The fraction of sp³-hybridized carbons (Fsp3) is 0.391. The summed E-state index contributed by atoms with van der Waals surface area (Å²) in [5.41, 5.74) is 15.3. The number of benzene rings is 2. The van der Waals surface area contributed by atoms with E-state index in [0.717, 1.165) is 17.7 Å². The van der Waals surface area contributed by atoms with Gasteiger partial charge in [0.25, 0.3) is 0 Å². The molecular weight excluding hydrogens is 290 g/mol. The summed E-state index contributed by atoms with van der Waals surface area (Å²) in [6.45, 7) is 6.53. The Bertz CT molecular complexity index is 750. The van der Waals surface area contributed by atoms with Crippen molar-refractivity contribution >= 4 is 5.70 Å². The smallest absolute Gasteiger partial charge is 0.0374 e. The molecule has 1 unspecified atom stereocenters. The fourth-order valence-electron chi connectivity index (χ4n) is 3.79. The maximum atomic E-state index is 6.29. The molecule has 0 saturated carbocycles. The zero-order valence-electron chi connectivity index (χ0n) is 15.2. The molecule has 3 rings (SSSR count). The molecule has 0 spiro atoms. The van der Waals surface area contributed by atoms with E-state index >= 15 is 0 Å². The third-order valence-electron chi connectivity index (χ3n) is 5.32. The molecule has 1 nitrogen and oxygen atoms in total. The van der Waals surface area contributed by atoms with Crippen molar-refractivity contribution in [3.63, 3.8) is 0 Å². The highest BCUT2D eigenvalue weighted by Gasteiger charge is 2.16. The van der Waals surface area contributed by atoms with E-state index in [4.69, 9.17) is 5.73 Å². The Kier molecular flexibility index (Phi) is 5.08. The van der Waals surface area contributed by atoms with Gasteiger partial charge in [0, 0.05) is 5.70 Å². The van der Waals surface area contributed by atoms with Crippen LogP contribution in [0.15, 0.2) is 48.0 Å². The Labute approximate surface area is 146 Å². The minimum atomic E-state index is 0.620. The van der Waals surface area contributed by atoms with Gasteiger partial charge in [-0.1, -0.05) is 61.7 Å². The molecule has 2 aromatic carbocycles. The molecule has 0 radical (unpaired) electrons. The van der Waals surface area contributed by atoms with Gasteiger partial charge in [0.1, 0.15) is 0 Å². The van der Waals surface area contributed by atoms with Gasteiger partial charge in [0.15, 0.2) is 0 Å². The second-order valence-corrected chi connectivity index (χ2v) is 7.37. The van der Waals surface area contributed by atoms with E-state index in [-0.39, 0.29) is 0 Å². The van der Waals surface area contributed by atoms with Gasteiger partial charge in [-0.2, -0.15) is 0 Å². The van der Waals surface area contributed by atoms with Crippen LogP contribution in [-0.4, -0.2) is 0 Å². The molecule has 0 bridgehead atoms. The molecule has 0 aliphatic heterocycles. The minimum Gasteiger partial charge on any atom is -0.398 e. The lowest BCUT2D eigenvalue weighted by molar-refractivity contribution is 0.582. The Morgan fingerprint density at radius 3 is 2.54 bits per heavy atom. The number of aryl methyl sites for hydroxylation is 1. The zero-order chi connectivity index (χ0) is 17.1. The summed E-state index contributed by atoms with van der Waals surface area (Å²) in [5.74, 6) is 0.620. The molecule has 24 heavy (non-hydrogen) atoms. The van der Waals surface area contributed by atoms with E-state index in [1.165, 1.54) is 53.5 Å². The first kappa shape index (κ1) is 16.8. The number of hydrogen-bond donors (Lipinski definition) is 1. The van der Waals surface area contributed by atoms with Gasteiger partial charge in [-0.3, -0.25) is 0 Å². The molecule has 1 atom stereocenters. The van der Waals surface area contributed by atoms with Crippen molar-refractivity contribution in [2.75, 3.05) is 0 Å². The van der Waals surface area contributed by atoms with Crippen LogP contribution in [0.4, 0.5) is 0 Å². The first-order valence-electron chi connectivity index (χ1n) is 9.23. The highest BCUT2D eigenvalue weighted by Crippen LogP contribution is 2.36. The normalized spacial score (nSPS) is 17.5. The molecule has 0 amide bonds. The molecule has 1 aliphatic rings. The highest BCUT2D eigenvalue weighted by atomic mass is 14.6. The number of nitrogens with two attached hydrogens (primary N) is 1. The summed E-state index contributed by atoms with van der Waals surface area (Å²) in [4.78, 5) is 0. The highest BCUT2D eigenvalue weighted by molar-refractivity contribution is 5.75. The quantitative estimate of drug-likeness (QED) is 0.657. The lowest BCUT2D eigenvalue weighted by Crippen LogP contribution is -2.04. The Balaban J connectivity index is 2.16. The number of allylic oxidation sites excluding steroid dienone is 1. The predicted molar refractivity (Wildman–Crippen MR) is 105 cm³/mol. The van der Waals surface area contributed by atoms with Gasteiger partial charge in [-0.15, -0.1) is 0 Å². The second kappa shape index (κ2) is 7.25. The van der Waals surface area contributed by atoms with Crippen LogP contribution >= 0.6 is 0 Å². The summed E-state index contributed by atoms with van der Waals surface area (Å²) in [6, 6.07) is 15.7. The molecular formula is C23H29N. The van der Waals surface area contributed by atoms with E-state index in [1.54, 1.807) is 0 Å². The summed E-state index contributed by atoms with van der Waals surface area (Å²) >= 11 is 0. The van der Waals surface area contributed by atoms with Crippen molar-refractivity contribution in [1.82, 2.24) is 0 Å². The SMILES string of the molecule is CC(C)=C(N)c1ccc2c(c1)CCCCCC(C)c1ccccc1-2. The standard InChI is InChI=1S/C23H29N/c1-16(2)23(24)19-13-14-21-18(15-19)10-6-4-5-9-17(3)20-11-7-8-12-22(20)21/h7-8,11-15,17H,4-6,9-10,24H2,1-3H3. The van der Waals surface area contributed by atoms with E-state index < -0.39 is 0 Å². The molecule has 2 N–H and O–H groups in total. The molecule has 0 aromatic heterocycles. The van der Waals surface area contributed by atoms with Crippen LogP contribution in [0.5, 0.6) is 0 Å². The lowest BCUT2D eigenvalue weighted by atomic mass is 9.84. The van der Waals surface area contributed by atoms with Gasteiger partial charge in [-0.05, 0) is 72.9 Å². The van der Waals surface area contributed by atoms with Gasteiger partial charge in [0.05, 0.1) is 0 Å². The summed E-state index contributed by atoms with van der Waals surface area (Å²) in [6.07, 6.45) is 6.33. The molecule has 0 saturated heterocycles. The first-order valence-corrected chi connectivity index (χ1v) is 9.23. The summed E-state index contributed by atoms with van der Waals surface area (Å²) in [5, 5.41) is 0. The summed E-state index contributed by atoms with van der Waals surface area (Å²) < 4.78 is 0. The van der Waals surface area contributed by atoms with Crippen molar-refractivity contribution in [3.8, 4) is 11.1 Å². The van der Waals surface area contributed by atoms with Crippen LogP contribution in [-0.2, 0) is 6.42 Å². The van der Waals surface area contributed by atoms with Crippen LogP contribution in [0.3, 0.4) is 0 Å². The number of hydrogen-bond acceptors (Lipinski definition) is 1. The Morgan fingerprint density at radius 1 is 0.958 bits per heavy atom. The first-order chi connectivity index (χ1) is 11.6. The Morgan fingerprint density at radius 2 is 1.75 bits per heavy atom. The van der Waals surface area contributed by atoms with Gasteiger partial charge >= 0.3 is 0 Å². The number of rotatable bonds is 1. The predicted octanol–water partition coefficient (Wildman–Crippen LogP) is 6.28. The third kappa shape index (κ3) is 3.40. The van der Waals surface area contributed by atoms with Crippen LogP contribution in [0.25, 0.3) is 16.8 Å². The molecule has 1 aliphatic carbocycles. The molecule has 126 valence electrons. The van der Waals surface area contributed by atoms with Crippen LogP contribution in [0, 0.1) is 0 Å². The monoisotopic (exact) mass is 319 g/mol. The molecule has 1 heteroatoms. The largest absolute Gasteiger partial charge is 0.398 e. The fourth-order valence-corrected chi connectivity index (χ4v) is 3.79.